The van der Waals surface area contributed by atoms with Gasteiger partial charge >= 0.3 is 6.18 Å². The Hall–Kier alpha value is -3.20. The fraction of sp³-hybridized carbons (Fsp3) is 0.476. The summed E-state index contributed by atoms with van der Waals surface area (Å²) in [7, 11) is 0. The first-order valence-electron chi connectivity index (χ1n) is 10.5. The van der Waals surface area contributed by atoms with E-state index in [1.807, 2.05) is 0 Å². The van der Waals surface area contributed by atoms with Crippen LogP contribution in [0.4, 0.5) is 36.4 Å². The first-order chi connectivity index (χ1) is 16.8. The van der Waals surface area contributed by atoms with Gasteiger partial charge in [-0.05, 0) is 18.6 Å². The number of nitrogens with one attached hydrogen (secondary N) is 2. The van der Waals surface area contributed by atoms with Crippen LogP contribution in [-0.4, -0.2) is 57.6 Å². The van der Waals surface area contributed by atoms with Crippen molar-refractivity contribution in [3.63, 3.8) is 0 Å². The summed E-state index contributed by atoms with van der Waals surface area (Å²) in [5.74, 6) is -4.01. The number of rotatable bonds is 6. The number of aliphatic hydroxyl groups is 1. The van der Waals surface area contributed by atoms with Crippen LogP contribution in [-0.2, 0) is 22.5 Å². The number of aliphatic hydroxyl groups excluding tert-OH is 1. The molecule has 3 N–H and O–H groups in total. The van der Waals surface area contributed by atoms with Crippen LogP contribution < -0.4 is 10.6 Å². The molecule has 1 fully saturated rings. The fourth-order valence-corrected chi connectivity index (χ4v) is 4.31. The molecule has 2 atom stereocenters. The van der Waals surface area contributed by atoms with Gasteiger partial charge in [-0.1, -0.05) is 0 Å². The van der Waals surface area contributed by atoms with E-state index in [-0.39, 0.29) is 28.9 Å². The largest absolute Gasteiger partial charge is 0.416 e. The smallest absolute Gasteiger partial charge is 0.378 e. The highest BCUT2D eigenvalue weighted by molar-refractivity contribution is 6.05. The Morgan fingerprint density at radius 3 is 2.53 bits per heavy atom. The van der Waals surface area contributed by atoms with Crippen molar-refractivity contribution in [1.29, 1.82) is 0 Å². The van der Waals surface area contributed by atoms with Crippen LogP contribution in [0.1, 0.15) is 45.5 Å². The van der Waals surface area contributed by atoms with E-state index in [0.717, 1.165) is 16.8 Å². The van der Waals surface area contributed by atoms with Crippen LogP contribution >= 0.6 is 0 Å². The summed E-state index contributed by atoms with van der Waals surface area (Å²) >= 11 is 0. The Morgan fingerprint density at radius 1 is 1.31 bits per heavy atom. The second-order valence-electron chi connectivity index (χ2n) is 8.52. The minimum absolute atomic E-state index is 0.0119. The van der Waals surface area contributed by atoms with Crippen molar-refractivity contribution < 1.29 is 50.2 Å². The third-order valence-electron chi connectivity index (χ3n) is 6.17. The van der Waals surface area contributed by atoms with Crippen molar-refractivity contribution in [1.82, 2.24) is 14.9 Å². The van der Waals surface area contributed by atoms with Gasteiger partial charge in [0.25, 0.3) is 18.2 Å². The topological polar surface area (TPSA) is 105 Å². The van der Waals surface area contributed by atoms with Gasteiger partial charge in [0.15, 0.2) is 17.5 Å². The third-order valence-corrected chi connectivity index (χ3v) is 6.17. The number of ether oxygens (including phenoxy) is 1. The molecule has 0 bridgehead atoms. The average molecular weight is 524 g/mol. The number of carbonyl (C=O) groups excluding carboxylic acids is 2. The van der Waals surface area contributed by atoms with E-state index < -0.39 is 79.2 Å². The summed E-state index contributed by atoms with van der Waals surface area (Å²) in [5, 5.41) is 14.5. The number of alkyl halides is 6. The fourth-order valence-electron chi connectivity index (χ4n) is 4.31. The van der Waals surface area contributed by atoms with Crippen molar-refractivity contribution in [3.05, 3.63) is 46.3 Å². The number of hydrogen-bond acceptors (Lipinski definition) is 5. The van der Waals surface area contributed by atoms with E-state index in [9.17, 15) is 45.4 Å². The zero-order valence-electron chi connectivity index (χ0n) is 18.4. The molecule has 8 nitrogen and oxygen atoms in total. The normalized spacial score (nSPS) is 19.6. The predicted octanol–water partition coefficient (Wildman–Crippen LogP) is 2.90. The van der Waals surface area contributed by atoms with Crippen LogP contribution in [0.3, 0.4) is 0 Å². The summed E-state index contributed by atoms with van der Waals surface area (Å²) in [6.45, 7) is -0.853. The van der Waals surface area contributed by atoms with Gasteiger partial charge in [-0.25, -0.2) is 17.6 Å². The summed E-state index contributed by atoms with van der Waals surface area (Å²) in [4.78, 5) is 28.8. The zero-order valence-corrected chi connectivity index (χ0v) is 18.4. The molecule has 2 amide bonds. The maximum Gasteiger partial charge on any atom is 0.416 e. The first-order valence-corrected chi connectivity index (χ1v) is 10.5. The van der Waals surface area contributed by atoms with Crippen molar-refractivity contribution in [2.45, 2.75) is 50.3 Å². The van der Waals surface area contributed by atoms with Crippen LogP contribution in [0.5, 0.6) is 0 Å². The molecule has 4 heterocycles. The van der Waals surface area contributed by atoms with E-state index in [1.165, 1.54) is 6.92 Å². The molecule has 0 spiro atoms. The van der Waals surface area contributed by atoms with Crippen LogP contribution in [0.25, 0.3) is 0 Å². The number of aromatic nitrogens is 2. The number of carbonyl (C=O) groups is 2. The molecule has 15 heteroatoms. The van der Waals surface area contributed by atoms with E-state index in [2.05, 4.69) is 15.0 Å². The summed E-state index contributed by atoms with van der Waals surface area (Å²) in [6, 6.07) is 0.917. The van der Waals surface area contributed by atoms with Gasteiger partial charge in [0.2, 0.25) is 0 Å². The Bertz CT molecular complexity index is 1210. The van der Waals surface area contributed by atoms with Crippen molar-refractivity contribution in [2.75, 3.05) is 18.5 Å². The molecular formula is C21H19F7N4O4. The molecule has 1 unspecified atom stereocenters. The second-order valence-corrected chi connectivity index (χ2v) is 8.52. The molecule has 2 aromatic rings. The molecule has 0 aliphatic carbocycles. The van der Waals surface area contributed by atoms with Gasteiger partial charge in [-0.3, -0.25) is 14.6 Å². The maximum absolute atomic E-state index is 14.3. The number of halogens is 7. The highest BCUT2D eigenvalue weighted by Crippen LogP contribution is 2.39. The monoisotopic (exact) mass is 524 g/mol. The average Bonchev–Trinajstić information content (AvgIpc) is 3.23. The quantitative estimate of drug-likeness (QED) is 0.505. The van der Waals surface area contributed by atoms with E-state index >= 15 is 0 Å². The molecule has 0 aromatic carbocycles. The van der Waals surface area contributed by atoms with Gasteiger partial charge in [0.1, 0.15) is 17.6 Å². The highest BCUT2D eigenvalue weighted by Gasteiger charge is 2.61. The SMILES string of the molecule is Cc1c(C(O)C(=O)NC2(C(F)(F)F)COC2)c2n(c1C(=O)Nc1ccnc(C(F)F)c1F)C[C@H](F)C2. The molecule has 196 valence electrons. The van der Waals surface area contributed by atoms with Crippen molar-refractivity contribution in [2.24, 2.45) is 0 Å². The van der Waals surface area contributed by atoms with Gasteiger partial charge < -0.3 is 25.0 Å². The Labute approximate surface area is 198 Å². The Balaban J connectivity index is 1.67. The molecule has 2 aliphatic heterocycles. The molecular weight excluding hydrogens is 505 g/mol. The lowest BCUT2D eigenvalue weighted by molar-refractivity contribution is -0.266. The molecule has 0 saturated carbocycles. The number of fused-ring (bicyclic) bond motifs is 1. The number of anilines is 1. The lowest BCUT2D eigenvalue weighted by Crippen LogP contribution is -2.70. The summed E-state index contributed by atoms with van der Waals surface area (Å²) < 4.78 is 100. The zero-order chi connectivity index (χ0) is 26.6. The molecule has 4 rings (SSSR count). The number of nitrogens with zero attached hydrogens (tertiary/aromatic N) is 2. The minimum atomic E-state index is -4.88. The van der Waals surface area contributed by atoms with E-state index in [0.29, 0.717) is 0 Å². The summed E-state index contributed by atoms with van der Waals surface area (Å²) in [5.41, 5.74) is -5.25. The van der Waals surface area contributed by atoms with Crippen molar-refractivity contribution >= 4 is 17.5 Å². The Kier molecular flexibility index (Phi) is 6.49. The second kappa shape index (κ2) is 9.03. The van der Waals surface area contributed by atoms with Crippen molar-refractivity contribution in [3.8, 4) is 0 Å². The lowest BCUT2D eigenvalue weighted by atomic mass is 9.94. The number of pyridine rings is 1. The van der Waals surface area contributed by atoms with Gasteiger partial charge in [0.05, 0.1) is 25.4 Å². The van der Waals surface area contributed by atoms with E-state index in [1.54, 1.807) is 5.32 Å². The Morgan fingerprint density at radius 2 is 1.97 bits per heavy atom. The standard InChI is InChI=1S/C21H19F7N4O4/c1-8-12(16(33)19(35)31-20(6-36-7-20)21(26,27)28)11-4-9(22)5-32(11)15(8)18(34)30-10-2-3-29-14(13(10)23)17(24)25/h2-3,9,16-17,33H,4-7H2,1H3,(H,31,35)(H,29,30,34)/t9-,16?/m1/s1. The predicted molar refractivity (Wildman–Crippen MR) is 108 cm³/mol. The van der Waals surface area contributed by atoms with Gasteiger partial charge in [-0.15, -0.1) is 0 Å². The molecule has 36 heavy (non-hydrogen) atoms. The maximum atomic E-state index is 14.3. The molecule has 2 aliphatic rings. The lowest BCUT2D eigenvalue weighted by Gasteiger charge is -2.43. The molecule has 1 saturated heterocycles. The number of hydrogen-bond donors (Lipinski definition) is 3. The van der Waals surface area contributed by atoms with Gasteiger partial charge in [0, 0.05) is 23.9 Å². The first kappa shape index (κ1) is 25.9. The van der Waals surface area contributed by atoms with Crippen LogP contribution in [0.2, 0.25) is 0 Å². The van der Waals surface area contributed by atoms with Gasteiger partial charge in [-0.2, -0.15) is 13.2 Å². The third kappa shape index (κ3) is 4.19. The minimum Gasteiger partial charge on any atom is -0.378 e. The number of amides is 2. The highest BCUT2D eigenvalue weighted by atomic mass is 19.4. The van der Waals surface area contributed by atoms with E-state index in [4.69, 9.17) is 0 Å². The molecule has 0 radical (unpaired) electrons. The molecule has 2 aromatic heterocycles. The van der Waals surface area contributed by atoms with Crippen LogP contribution in [0, 0.1) is 12.7 Å². The summed E-state index contributed by atoms with van der Waals surface area (Å²) in [6.07, 6.45) is -11.4. The van der Waals surface area contributed by atoms with Crippen LogP contribution in [0.15, 0.2) is 12.3 Å².